The van der Waals surface area contributed by atoms with Gasteiger partial charge in [-0.05, 0) is 43.2 Å². The third-order valence-corrected chi connectivity index (χ3v) is 5.15. The smallest absolute Gasteiger partial charge is 0.255 e. The second-order valence-electron chi connectivity index (χ2n) is 7.42. The van der Waals surface area contributed by atoms with Gasteiger partial charge in [0.2, 0.25) is 11.7 Å². The molecule has 1 saturated carbocycles. The lowest BCUT2D eigenvalue weighted by atomic mass is 10.1. The number of nitrogens with one attached hydrogen (secondary N) is 1. The van der Waals surface area contributed by atoms with Gasteiger partial charge in [0.15, 0.2) is 0 Å². The number of aromatic nitrogens is 2. The lowest BCUT2D eigenvalue weighted by Gasteiger charge is -2.13. The minimum absolute atomic E-state index is 0.152. The molecule has 0 bridgehead atoms. The zero-order chi connectivity index (χ0) is 19.5. The summed E-state index contributed by atoms with van der Waals surface area (Å²) in [5, 5.41) is 7.09. The molecule has 1 fully saturated rings. The maximum absolute atomic E-state index is 12.6. The molecule has 144 valence electrons. The summed E-state index contributed by atoms with van der Waals surface area (Å²) in [6, 6.07) is 15.1. The largest absolute Gasteiger partial charge is 0.378 e. The number of nitrogens with zero attached hydrogens (tertiary/aromatic N) is 3. The Morgan fingerprint density at radius 2 is 1.89 bits per heavy atom. The van der Waals surface area contributed by atoms with Gasteiger partial charge in [-0.15, -0.1) is 0 Å². The second kappa shape index (κ2) is 7.84. The zero-order valence-electron chi connectivity index (χ0n) is 16.2. The van der Waals surface area contributed by atoms with Gasteiger partial charge in [0, 0.05) is 42.5 Å². The van der Waals surface area contributed by atoms with Crippen LogP contribution < -0.4 is 10.2 Å². The van der Waals surface area contributed by atoms with E-state index in [2.05, 4.69) is 15.5 Å². The van der Waals surface area contributed by atoms with Crippen molar-refractivity contribution in [2.24, 2.45) is 0 Å². The summed E-state index contributed by atoms with van der Waals surface area (Å²) < 4.78 is 5.48. The van der Waals surface area contributed by atoms with E-state index in [0.29, 0.717) is 23.0 Å². The Balaban J connectivity index is 1.51. The third kappa shape index (κ3) is 3.91. The molecule has 0 radical (unpaired) electrons. The van der Waals surface area contributed by atoms with Gasteiger partial charge in [-0.3, -0.25) is 4.79 Å². The van der Waals surface area contributed by atoms with Crippen molar-refractivity contribution < 1.29 is 9.32 Å². The number of anilines is 2. The first-order valence-corrected chi connectivity index (χ1v) is 9.63. The summed E-state index contributed by atoms with van der Waals surface area (Å²) >= 11 is 0. The first kappa shape index (κ1) is 18.2. The Kier molecular flexibility index (Phi) is 5.10. The monoisotopic (exact) mass is 376 g/mol. The highest BCUT2D eigenvalue weighted by molar-refractivity contribution is 6.05. The summed E-state index contributed by atoms with van der Waals surface area (Å²) in [4.78, 5) is 19.2. The lowest BCUT2D eigenvalue weighted by Crippen LogP contribution is -2.14. The van der Waals surface area contributed by atoms with Crippen molar-refractivity contribution in [2.75, 3.05) is 24.3 Å². The van der Waals surface area contributed by atoms with Gasteiger partial charge in [0.25, 0.3) is 5.91 Å². The number of carbonyl (C=O) groups excluding carboxylic acids is 1. The van der Waals surface area contributed by atoms with Crippen molar-refractivity contribution in [2.45, 2.75) is 31.6 Å². The van der Waals surface area contributed by atoms with E-state index in [0.717, 1.165) is 30.0 Å². The van der Waals surface area contributed by atoms with Crippen molar-refractivity contribution >= 4 is 17.3 Å². The van der Waals surface area contributed by atoms with E-state index in [1.165, 1.54) is 12.8 Å². The molecule has 2 aromatic carbocycles. The minimum atomic E-state index is -0.152. The first-order valence-electron chi connectivity index (χ1n) is 9.63. The quantitative estimate of drug-likeness (QED) is 0.698. The van der Waals surface area contributed by atoms with Gasteiger partial charge in [0.1, 0.15) is 0 Å². The fourth-order valence-corrected chi connectivity index (χ4v) is 3.56. The highest BCUT2D eigenvalue weighted by Crippen LogP contribution is 2.34. The Hall–Kier alpha value is -3.15. The SMILES string of the molecule is CN(C)c1cccc(C(=O)Nc2cccc(-c3noc(C4CCCC4)n3)c2)c1. The molecule has 0 unspecified atom stereocenters. The van der Waals surface area contributed by atoms with E-state index in [4.69, 9.17) is 4.52 Å². The Morgan fingerprint density at radius 3 is 2.68 bits per heavy atom. The Morgan fingerprint density at radius 1 is 1.11 bits per heavy atom. The summed E-state index contributed by atoms with van der Waals surface area (Å²) in [5.41, 5.74) is 3.12. The number of hydrogen-bond acceptors (Lipinski definition) is 5. The highest BCUT2D eigenvalue weighted by atomic mass is 16.5. The van der Waals surface area contributed by atoms with E-state index in [1.54, 1.807) is 6.07 Å². The van der Waals surface area contributed by atoms with Gasteiger partial charge in [0.05, 0.1) is 0 Å². The standard InChI is InChI=1S/C22H24N4O2/c1-26(2)19-12-6-10-17(14-19)21(27)23-18-11-5-9-16(13-18)20-24-22(28-25-20)15-7-3-4-8-15/h5-6,9-15H,3-4,7-8H2,1-2H3,(H,23,27). The maximum atomic E-state index is 12.6. The number of hydrogen-bond donors (Lipinski definition) is 1. The van der Waals surface area contributed by atoms with Crippen LogP contribution in [0.3, 0.4) is 0 Å². The summed E-state index contributed by atoms with van der Waals surface area (Å²) in [6.45, 7) is 0. The van der Waals surface area contributed by atoms with Crippen molar-refractivity contribution in [3.05, 3.63) is 60.0 Å². The van der Waals surface area contributed by atoms with Crippen molar-refractivity contribution in [1.82, 2.24) is 10.1 Å². The molecular weight excluding hydrogens is 352 g/mol. The Bertz CT molecular complexity index is 974. The van der Waals surface area contributed by atoms with Crippen LogP contribution in [0.25, 0.3) is 11.4 Å². The highest BCUT2D eigenvalue weighted by Gasteiger charge is 2.23. The molecule has 0 spiro atoms. The van der Waals surface area contributed by atoms with Crippen LogP contribution in [-0.2, 0) is 0 Å². The van der Waals surface area contributed by atoms with Crippen LogP contribution in [0.15, 0.2) is 53.1 Å². The van der Waals surface area contributed by atoms with E-state index >= 15 is 0 Å². The molecule has 1 amide bonds. The van der Waals surface area contributed by atoms with Gasteiger partial charge >= 0.3 is 0 Å². The van der Waals surface area contributed by atoms with E-state index in [1.807, 2.05) is 61.5 Å². The third-order valence-electron chi connectivity index (χ3n) is 5.15. The fraction of sp³-hybridized carbons (Fsp3) is 0.318. The molecule has 6 nitrogen and oxygen atoms in total. The molecular formula is C22H24N4O2. The second-order valence-corrected chi connectivity index (χ2v) is 7.42. The topological polar surface area (TPSA) is 71.3 Å². The average Bonchev–Trinajstić information content (AvgIpc) is 3.40. The van der Waals surface area contributed by atoms with Crippen LogP contribution in [0, 0.1) is 0 Å². The Labute approximate surface area is 164 Å². The summed E-state index contributed by atoms with van der Waals surface area (Å²) in [6.07, 6.45) is 4.67. The molecule has 0 atom stereocenters. The summed E-state index contributed by atoms with van der Waals surface area (Å²) in [7, 11) is 3.90. The van der Waals surface area contributed by atoms with Gasteiger partial charge in [-0.2, -0.15) is 4.98 Å². The molecule has 1 heterocycles. The number of benzene rings is 2. The molecule has 3 aromatic rings. The molecule has 4 rings (SSSR count). The maximum Gasteiger partial charge on any atom is 0.255 e. The van der Waals surface area contributed by atoms with Crippen LogP contribution in [0.2, 0.25) is 0 Å². The van der Waals surface area contributed by atoms with Gasteiger partial charge < -0.3 is 14.7 Å². The van der Waals surface area contributed by atoms with Crippen LogP contribution >= 0.6 is 0 Å². The number of amides is 1. The molecule has 0 aliphatic heterocycles. The minimum Gasteiger partial charge on any atom is -0.378 e. The molecule has 1 aromatic heterocycles. The zero-order valence-corrected chi connectivity index (χ0v) is 16.2. The van der Waals surface area contributed by atoms with E-state index in [-0.39, 0.29) is 5.91 Å². The van der Waals surface area contributed by atoms with Crippen LogP contribution in [-0.4, -0.2) is 30.1 Å². The number of carbonyl (C=O) groups is 1. The van der Waals surface area contributed by atoms with Crippen LogP contribution in [0.4, 0.5) is 11.4 Å². The fourth-order valence-electron chi connectivity index (χ4n) is 3.56. The normalized spacial score (nSPS) is 14.2. The van der Waals surface area contributed by atoms with E-state index < -0.39 is 0 Å². The van der Waals surface area contributed by atoms with Crippen molar-refractivity contribution in [1.29, 1.82) is 0 Å². The molecule has 0 saturated heterocycles. The molecule has 1 aliphatic rings. The van der Waals surface area contributed by atoms with E-state index in [9.17, 15) is 4.79 Å². The predicted molar refractivity (Wildman–Crippen MR) is 110 cm³/mol. The predicted octanol–water partition coefficient (Wildman–Crippen LogP) is 4.71. The molecule has 1 N–H and O–H groups in total. The summed E-state index contributed by atoms with van der Waals surface area (Å²) in [5.74, 6) is 1.52. The number of rotatable bonds is 5. The van der Waals surface area contributed by atoms with Crippen molar-refractivity contribution in [3.8, 4) is 11.4 Å². The van der Waals surface area contributed by atoms with Crippen LogP contribution in [0.1, 0.15) is 47.8 Å². The van der Waals surface area contributed by atoms with Crippen molar-refractivity contribution in [3.63, 3.8) is 0 Å². The average molecular weight is 376 g/mol. The molecule has 1 aliphatic carbocycles. The van der Waals surface area contributed by atoms with Gasteiger partial charge in [-0.25, -0.2) is 0 Å². The van der Waals surface area contributed by atoms with Gasteiger partial charge in [-0.1, -0.05) is 36.2 Å². The van der Waals surface area contributed by atoms with Crippen LogP contribution in [0.5, 0.6) is 0 Å². The first-order chi connectivity index (χ1) is 13.6. The molecule has 28 heavy (non-hydrogen) atoms. The molecule has 6 heteroatoms. The lowest BCUT2D eigenvalue weighted by molar-refractivity contribution is 0.102.